The second-order valence-corrected chi connectivity index (χ2v) is 5.18. The second-order valence-electron chi connectivity index (χ2n) is 2.88. The van der Waals surface area contributed by atoms with E-state index in [4.69, 9.17) is 0 Å². The smallest absolute Gasteiger partial charge is 0.191 e. The van der Waals surface area contributed by atoms with E-state index in [-0.39, 0.29) is 0 Å². The Hall–Kier alpha value is -0.480. The highest BCUT2D eigenvalue weighted by atomic mass is 31.1. The highest BCUT2D eigenvalue weighted by Crippen LogP contribution is 2.77. The number of alkyl halides is 13. The average molecular weight is 338 g/mol. The van der Waals surface area contributed by atoms with Crippen LogP contribution in [0.15, 0.2) is 0 Å². The summed E-state index contributed by atoms with van der Waals surface area (Å²) in [5.74, 6) is -7.08. The van der Waals surface area contributed by atoms with Gasteiger partial charge in [0.25, 0.3) is 0 Å². The quantitative estimate of drug-likeness (QED) is 0.474. The molecule has 14 heteroatoms. The summed E-state index contributed by atoms with van der Waals surface area (Å²) >= 11 is 0. The lowest BCUT2D eigenvalue weighted by atomic mass is 10.7. The molecule has 0 fully saturated rings. The molecular formula is C5F13P. The summed E-state index contributed by atoms with van der Waals surface area (Å²) < 4.78 is 154. The number of rotatable bonds is 2. The molecule has 0 aromatic rings. The molecule has 0 aromatic heterocycles. The van der Waals surface area contributed by atoms with Gasteiger partial charge in [0.15, 0.2) is 7.92 Å². The number of hydrogen-bond acceptors (Lipinski definition) is 0. The predicted octanol–water partition coefficient (Wildman–Crippen LogP) is 5.30. The molecule has 0 atom stereocenters. The highest BCUT2D eigenvalue weighted by molar-refractivity contribution is 7.61. The van der Waals surface area contributed by atoms with Crippen molar-refractivity contribution in [1.82, 2.24) is 0 Å². The molecule has 0 saturated carbocycles. The first-order valence-electron chi connectivity index (χ1n) is 3.63. The Morgan fingerprint density at radius 3 is 0.737 bits per heavy atom. The summed E-state index contributed by atoms with van der Waals surface area (Å²) in [4.78, 5) is 0. The van der Waals surface area contributed by atoms with Gasteiger partial charge in [-0.05, 0) is 0 Å². The van der Waals surface area contributed by atoms with Crippen LogP contribution in [0.4, 0.5) is 57.1 Å². The molecule has 0 spiro atoms. The second kappa shape index (κ2) is 4.52. The van der Waals surface area contributed by atoms with E-state index in [1.54, 1.807) is 0 Å². The standard InChI is InChI=1S/C5F13P/c6-1(7,8)3(12,13)19(5(16,17)18)4(14,15)2(9,10)11. The summed E-state index contributed by atoms with van der Waals surface area (Å²) in [6, 6.07) is 0. The zero-order valence-corrected chi connectivity index (χ0v) is 8.76. The van der Waals surface area contributed by atoms with Crippen LogP contribution in [0.5, 0.6) is 0 Å². The summed E-state index contributed by atoms with van der Waals surface area (Å²) in [5, 5.41) is 0. The number of hydrogen-bond donors (Lipinski definition) is 0. The zero-order chi connectivity index (χ0) is 16.1. The van der Waals surface area contributed by atoms with Crippen LogP contribution in [0.25, 0.3) is 0 Å². The van der Waals surface area contributed by atoms with Crippen molar-refractivity contribution < 1.29 is 57.1 Å². The number of halogens is 13. The van der Waals surface area contributed by atoms with E-state index in [0.717, 1.165) is 0 Å². The maximum atomic E-state index is 12.3. The molecule has 0 unspecified atom stereocenters. The normalized spacial score (nSPS) is 16.1. The van der Waals surface area contributed by atoms with E-state index >= 15 is 0 Å². The van der Waals surface area contributed by atoms with Crippen molar-refractivity contribution in [1.29, 1.82) is 0 Å². The van der Waals surface area contributed by atoms with Crippen molar-refractivity contribution in [3.8, 4) is 0 Å². The first kappa shape index (κ1) is 18.5. The zero-order valence-electron chi connectivity index (χ0n) is 7.86. The molecule has 0 saturated heterocycles. The topological polar surface area (TPSA) is 0 Å². The van der Waals surface area contributed by atoms with Gasteiger partial charge >= 0.3 is 29.6 Å². The minimum Gasteiger partial charge on any atom is -0.191 e. The van der Waals surface area contributed by atoms with Crippen LogP contribution in [0, 0.1) is 0 Å². The third kappa shape index (κ3) is 3.34. The van der Waals surface area contributed by atoms with Crippen LogP contribution in [-0.2, 0) is 0 Å². The average Bonchev–Trinajstić information content (AvgIpc) is 1.93. The molecule has 0 amide bonds. The first-order valence-corrected chi connectivity index (χ1v) is 4.97. The minimum atomic E-state index is -7.25. The van der Waals surface area contributed by atoms with Gasteiger partial charge in [-0.25, -0.2) is 0 Å². The van der Waals surface area contributed by atoms with Gasteiger partial charge in [0.1, 0.15) is 0 Å². The Balaban J connectivity index is 6.05. The van der Waals surface area contributed by atoms with Crippen LogP contribution >= 0.6 is 7.92 Å². The minimum absolute atomic E-state index is 7.08. The first-order chi connectivity index (χ1) is 7.87. The molecule has 0 rings (SSSR count). The van der Waals surface area contributed by atoms with Crippen molar-refractivity contribution >= 4 is 7.92 Å². The lowest BCUT2D eigenvalue weighted by Gasteiger charge is -2.35. The lowest BCUT2D eigenvalue weighted by molar-refractivity contribution is -0.269. The van der Waals surface area contributed by atoms with Crippen LogP contribution in [0.3, 0.4) is 0 Å². The Bertz CT molecular complexity index is 291. The molecule has 0 aliphatic heterocycles. The fourth-order valence-corrected chi connectivity index (χ4v) is 2.25. The molecule has 116 valence electrons. The third-order valence-corrected chi connectivity index (χ3v) is 3.63. The Morgan fingerprint density at radius 2 is 0.632 bits per heavy atom. The lowest BCUT2D eigenvalue weighted by Crippen LogP contribution is -2.48. The molecule has 0 N–H and O–H groups in total. The van der Waals surface area contributed by atoms with Crippen LogP contribution < -0.4 is 0 Å². The van der Waals surface area contributed by atoms with E-state index in [1.807, 2.05) is 0 Å². The highest BCUT2D eigenvalue weighted by Gasteiger charge is 2.83. The summed E-state index contributed by atoms with van der Waals surface area (Å²) in [6.07, 6.45) is -14.4. The van der Waals surface area contributed by atoms with Crippen molar-refractivity contribution in [2.24, 2.45) is 0 Å². The van der Waals surface area contributed by atoms with Crippen molar-refractivity contribution in [2.45, 2.75) is 29.6 Å². The summed E-state index contributed by atoms with van der Waals surface area (Å²) in [5.41, 5.74) is -14.5. The fourth-order valence-electron chi connectivity index (χ4n) is 0.748. The monoisotopic (exact) mass is 338 g/mol. The third-order valence-electron chi connectivity index (χ3n) is 1.50. The Labute approximate surface area is 95.9 Å². The molecular weight excluding hydrogens is 338 g/mol. The Kier molecular flexibility index (Phi) is 4.41. The van der Waals surface area contributed by atoms with Gasteiger partial charge in [-0.15, -0.1) is 0 Å². The Morgan fingerprint density at radius 1 is 0.421 bits per heavy atom. The van der Waals surface area contributed by atoms with Crippen LogP contribution in [0.2, 0.25) is 0 Å². The molecule has 0 heterocycles. The molecule has 0 aromatic carbocycles. The van der Waals surface area contributed by atoms with E-state index in [0.29, 0.717) is 0 Å². The van der Waals surface area contributed by atoms with Crippen molar-refractivity contribution in [3.05, 3.63) is 0 Å². The molecule has 0 nitrogen and oxygen atoms in total. The SMILES string of the molecule is FC(F)(F)P(C(F)(F)C(F)(F)F)C(F)(F)C(F)(F)F. The molecule has 0 aliphatic rings. The van der Waals surface area contributed by atoms with Gasteiger partial charge in [0, 0.05) is 0 Å². The predicted molar refractivity (Wildman–Crippen MR) is 35.0 cm³/mol. The van der Waals surface area contributed by atoms with Gasteiger partial charge in [0.05, 0.1) is 0 Å². The molecule has 0 bridgehead atoms. The van der Waals surface area contributed by atoms with Crippen molar-refractivity contribution in [2.75, 3.05) is 0 Å². The summed E-state index contributed by atoms with van der Waals surface area (Å²) in [6.45, 7) is 0. The summed E-state index contributed by atoms with van der Waals surface area (Å²) in [7, 11) is -7.08. The maximum absolute atomic E-state index is 12.3. The molecule has 19 heavy (non-hydrogen) atoms. The van der Waals surface area contributed by atoms with Gasteiger partial charge < -0.3 is 0 Å². The van der Waals surface area contributed by atoms with E-state index in [2.05, 4.69) is 0 Å². The van der Waals surface area contributed by atoms with E-state index in [1.165, 1.54) is 0 Å². The van der Waals surface area contributed by atoms with E-state index < -0.39 is 37.5 Å². The molecule has 0 radical (unpaired) electrons. The molecule has 0 aliphatic carbocycles. The van der Waals surface area contributed by atoms with Crippen LogP contribution in [-0.4, -0.2) is 29.6 Å². The van der Waals surface area contributed by atoms with Gasteiger partial charge in [-0.2, -0.15) is 57.1 Å². The van der Waals surface area contributed by atoms with Gasteiger partial charge in [-0.1, -0.05) is 0 Å². The largest absolute Gasteiger partial charge is 0.458 e. The van der Waals surface area contributed by atoms with Gasteiger partial charge in [0.2, 0.25) is 0 Å². The van der Waals surface area contributed by atoms with E-state index in [9.17, 15) is 57.1 Å². The van der Waals surface area contributed by atoms with Crippen molar-refractivity contribution in [3.63, 3.8) is 0 Å². The van der Waals surface area contributed by atoms with Crippen LogP contribution in [0.1, 0.15) is 0 Å². The maximum Gasteiger partial charge on any atom is 0.458 e. The van der Waals surface area contributed by atoms with Gasteiger partial charge in [-0.3, -0.25) is 0 Å². The fraction of sp³-hybridized carbons (Fsp3) is 1.00.